The summed E-state index contributed by atoms with van der Waals surface area (Å²) in [4.78, 5) is 21.8. The van der Waals surface area contributed by atoms with E-state index in [0.29, 0.717) is 5.69 Å². The number of nitrogens with zero attached hydrogens (tertiary/aromatic N) is 3. The quantitative estimate of drug-likeness (QED) is 0.568. The van der Waals surface area contributed by atoms with Crippen LogP contribution in [0.15, 0.2) is 30.5 Å². The summed E-state index contributed by atoms with van der Waals surface area (Å²) in [6.45, 7) is 3.98. The highest BCUT2D eigenvalue weighted by Gasteiger charge is 2.18. The predicted molar refractivity (Wildman–Crippen MR) is 85.1 cm³/mol. The summed E-state index contributed by atoms with van der Waals surface area (Å²) in [5.41, 5.74) is 7.58. The summed E-state index contributed by atoms with van der Waals surface area (Å²) in [7, 11) is 0. The third kappa shape index (κ3) is 2.44. The van der Waals surface area contributed by atoms with Crippen molar-refractivity contribution in [2.45, 2.75) is 19.9 Å². The Morgan fingerprint density at radius 1 is 1.39 bits per heavy atom. The number of H-pyrrole nitrogens is 1. The fourth-order valence-corrected chi connectivity index (χ4v) is 2.57. The average Bonchev–Trinajstić information content (AvgIpc) is 3.10. The fraction of sp³-hybridized carbons (Fsp3) is 0.200. The normalized spacial score (nSPS) is 11.3. The van der Waals surface area contributed by atoms with Crippen molar-refractivity contribution in [2.75, 3.05) is 0 Å². The van der Waals surface area contributed by atoms with Crippen LogP contribution < -0.4 is 5.73 Å². The van der Waals surface area contributed by atoms with Gasteiger partial charge in [-0.3, -0.25) is 20.0 Å². The minimum atomic E-state index is -0.591. The van der Waals surface area contributed by atoms with E-state index in [-0.39, 0.29) is 17.4 Å². The van der Waals surface area contributed by atoms with Crippen LogP contribution >= 0.6 is 0 Å². The van der Waals surface area contributed by atoms with Gasteiger partial charge in [-0.2, -0.15) is 5.10 Å². The first-order chi connectivity index (χ1) is 10.9. The third-order valence-electron chi connectivity index (χ3n) is 3.70. The molecule has 0 radical (unpaired) electrons. The van der Waals surface area contributed by atoms with Crippen LogP contribution in [0.3, 0.4) is 0 Å². The zero-order valence-electron chi connectivity index (χ0n) is 12.6. The van der Waals surface area contributed by atoms with Crippen molar-refractivity contribution in [3.63, 3.8) is 0 Å². The van der Waals surface area contributed by atoms with Gasteiger partial charge < -0.3 is 10.3 Å². The molecule has 0 aliphatic carbocycles. The van der Waals surface area contributed by atoms with Crippen LogP contribution in [-0.2, 0) is 0 Å². The molecule has 8 heteroatoms. The highest BCUT2D eigenvalue weighted by molar-refractivity contribution is 5.98. The number of primary amides is 1. The van der Waals surface area contributed by atoms with Gasteiger partial charge in [0.2, 0.25) is 0 Å². The molecule has 2 aromatic heterocycles. The number of hydrogen-bond donors (Lipinski definition) is 2. The minimum Gasteiger partial charge on any atom is -0.364 e. The molecule has 8 nitrogen and oxygen atoms in total. The summed E-state index contributed by atoms with van der Waals surface area (Å²) >= 11 is 0. The molecular weight excluding hydrogens is 298 g/mol. The van der Waals surface area contributed by atoms with Crippen molar-refractivity contribution < 1.29 is 9.72 Å². The molecule has 3 aromatic rings. The van der Waals surface area contributed by atoms with E-state index >= 15 is 0 Å². The molecule has 2 heterocycles. The van der Waals surface area contributed by atoms with Crippen molar-refractivity contribution in [1.29, 1.82) is 0 Å². The lowest BCUT2D eigenvalue weighted by molar-refractivity contribution is -0.384. The van der Waals surface area contributed by atoms with Crippen molar-refractivity contribution in [1.82, 2.24) is 14.8 Å². The van der Waals surface area contributed by atoms with Gasteiger partial charge >= 0.3 is 0 Å². The Kier molecular flexibility index (Phi) is 3.36. The number of nitrogens with two attached hydrogens (primary N) is 1. The second kappa shape index (κ2) is 5.24. The number of aromatic amines is 1. The summed E-state index contributed by atoms with van der Waals surface area (Å²) in [5, 5.41) is 18.5. The van der Waals surface area contributed by atoms with Crippen LogP contribution in [0.5, 0.6) is 0 Å². The van der Waals surface area contributed by atoms with Gasteiger partial charge in [0.15, 0.2) is 0 Å². The molecule has 23 heavy (non-hydrogen) atoms. The molecule has 3 N–H and O–H groups in total. The molecular formula is C15H15N5O3. The molecule has 3 rings (SSSR count). The van der Waals surface area contributed by atoms with E-state index in [0.717, 1.165) is 16.5 Å². The highest BCUT2D eigenvalue weighted by atomic mass is 16.6. The van der Waals surface area contributed by atoms with Crippen molar-refractivity contribution >= 4 is 22.5 Å². The summed E-state index contributed by atoms with van der Waals surface area (Å²) < 4.78 is 1.94. The van der Waals surface area contributed by atoms with E-state index in [1.54, 1.807) is 18.2 Å². The fourth-order valence-electron chi connectivity index (χ4n) is 2.57. The molecule has 0 aliphatic rings. The molecule has 0 unspecified atom stereocenters. The van der Waals surface area contributed by atoms with Crippen molar-refractivity contribution in [3.05, 3.63) is 46.3 Å². The first-order valence-electron chi connectivity index (χ1n) is 7.03. The lowest BCUT2D eigenvalue weighted by atomic mass is 10.1. The molecule has 1 amide bonds. The van der Waals surface area contributed by atoms with Crippen molar-refractivity contribution in [3.8, 4) is 11.3 Å². The van der Waals surface area contributed by atoms with E-state index in [9.17, 15) is 14.9 Å². The van der Waals surface area contributed by atoms with Gasteiger partial charge in [0.25, 0.3) is 11.6 Å². The van der Waals surface area contributed by atoms with Crippen LogP contribution in [0.25, 0.3) is 22.2 Å². The SMILES string of the molecule is CC(C)n1cc(-c2cc(C(N)=O)[nH]n2)c2ccc([N+](=O)[O-])cc21. The molecule has 1 aromatic carbocycles. The number of benzene rings is 1. The van der Waals surface area contributed by atoms with Crippen LogP contribution in [0, 0.1) is 10.1 Å². The Bertz CT molecular complexity index is 922. The number of carbonyl (C=O) groups excluding carboxylic acids is 1. The zero-order chi connectivity index (χ0) is 16.7. The van der Waals surface area contributed by atoms with Crippen LogP contribution in [-0.4, -0.2) is 25.6 Å². The number of carbonyl (C=O) groups is 1. The smallest absolute Gasteiger partial charge is 0.271 e. The topological polar surface area (TPSA) is 120 Å². The Morgan fingerprint density at radius 2 is 2.13 bits per heavy atom. The zero-order valence-corrected chi connectivity index (χ0v) is 12.6. The maximum atomic E-state index is 11.2. The van der Waals surface area contributed by atoms with Gasteiger partial charge in [-0.1, -0.05) is 0 Å². The molecule has 0 saturated heterocycles. The Balaban J connectivity index is 2.24. The molecule has 0 fully saturated rings. The van der Waals surface area contributed by atoms with Crippen LogP contribution in [0.4, 0.5) is 5.69 Å². The number of non-ortho nitro benzene ring substituents is 1. The number of nitrogens with one attached hydrogen (secondary N) is 1. The standard InChI is InChI=1S/C15H15N5O3/c1-8(2)19-7-11(12-6-13(15(16)21)18-17-12)10-4-3-9(20(22)23)5-14(10)19/h3-8H,1-2H3,(H2,16,21)(H,17,18). The van der Waals surface area contributed by atoms with E-state index in [1.807, 2.05) is 24.6 Å². The maximum Gasteiger partial charge on any atom is 0.271 e. The van der Waals surface area contributed by atoms with Gasteiger partial charge in [-0.25, -0.2) is 0 Å². The first kappa shape index (κ1) is 14.8. The highest BCUT2D eigenvalue weighted by Crippen LogP contribution is 2.33. The number of hydrogen-bond acceptors (Lipinski definition) is 4. The summed E-state index contributed by atoms with van der Waals surface area (Å²) in [6, 6.07) is 6.38. The lowest BCUT2D eigenvalue weighted by Gasteiger charge is -2.08. The molecule has 0 saturated carbocycles. The van der Waals surface area contributed by atoms with E-state index < -0.39 is 10.8 Å². The third-order valence-corrected chi connectivity index (χ3v) is 3.70. The van der Waals surface area contributed by atoms with Gasteiger partial charge in [0.1, 0.15) is 5.69 Å². The van der Waals surface area contributed by atoms with Gasteiger partial charge in [0.05, 0.1) is 16.1 Å². The van der Waals surface area contributed by atoms with Gasteiger partial charge in [-0.05, 0) is 26.0 Å². The second-order valence-corrected chi connectivity index (χ2v) is 5.53. The monoisotopic (exact) mass is 313 g/mol. The number of nitro benzene ring substituents is 1. The minimum absolute atomic E-state index is 0.0314. The first-order valence-corrected chi connectivity index (χ1v) is 7.03. The van der Waals surface area contributed by atoms with E-state index in [4.69, 9.17) is 5.73 Å². The Labute approximate surface area is 131 Å². The van der Waals surface area contributed by atoms with Crippen LogP contribution in [0.2, 0.25) is 0 Å². The maximum absolute atomic E-state index is 11.2. The lowest BCUT2D eigenvalue weighted by Crippen LogP contribution is -2.10. The number of rotatable bonds is 4. The molecule has 0 spiro atoms. The van der Waals surface area contributed by atoms with Crippen molar-refractivity contribution in [2.24, 2.45) is 5.73 Å². The molecule has 0 atom stereocenters. The number of aromatic nitrogens is 3. The Hall–Kier alpha value is -3.16. The molecule has 118 valence electrons. The summed E-state index contributed by atoms with van der Waals surface area (Å²) in [6.07, 6.45) is 1.88. The molecule has 0 aliphatic heterocycles. The predicted octanol–water partition coefficient (Wildman–Crippen LogP) is 2.62. The largest absolute Gasteiger partial charge is 0.364 e. The summed E-state index contributed by atoms with van der Waals surface area (Å²) in [5.74, 6) is -0.591. The number of nitro groups is 1. The number of fused-ring (bicyclic) bond motifs is 1. The van der Waals surface area contributed by atoms with E-state index in [1.165, 1.54) is 6.07 Å². The average molecular weight is 313 g/mol. The van der Waals surface area contributed by atoms with Gasteiger partial charge in [-0.15, -0.1) is 0 Å². The van der Waals surface area contributed by atoms with Gasteiger partial charge in [0, 0.05) is 35.3 Å². The second-order valence-electron chi connectivity index (χ2n) is 5.53. The Morgan fingerprint density at radius 3 is 2.70 bits per heavy atom. The van der Waals surface area contributed by atoms with E-state index in [2.05, 4.69) is 10.2 Å². The van der Waals surface area contributed by atoms with Crippen LogP contribution in [0.1, 0.15) is 30.4 Å². The number of amides is 1. The molecule has 0 bridgehead atoms.